The zero-order valence-electron chi connectivity index (χ0n) is 14.9. The van der Waals surface area contributed by atoms with Crippen LogP contribution in [0.4, 0.5) is 10.5 Å². The van der Waals surface area contributed by atoms with Crippen molar-refractivity contribution < 1.29 is 14.7 Å². The normalized spacial score (nSPS) is 12.2. The first-order valence-corrected chi connectivity index (χ1v) is 10.3. The zero-order chi connectivity index (χ0) is 20.5. The molecule has 0 saturated heterocycles. The third-order valence-corrected chi connectivity index (χ3v) is 5.81. The fraction of sp³-hybridized carbons (Fsp3) is 0.100. The molecule has 0 bridgehead atoms. The molecule has 0 spiro atoms. The Hall–Kier alpha value is -2.78. The number of halogens is 2. The summed E-state index contributed by atoms with van der Waals surface area (Å²) in [4.78, 5) is 25.6. The number of benzene rings is 2. The number of aromatic nitrogens is 2. The van der Waals surface area contributed by atoms with Crippen LogP contribution in [0.15, 0.2) is 57.7 Å². The minimum Gasteiger partial charge on any atom is -0.465 e. The molecule has 29 heavy (non-hydrogen) atoms. The molecule has 0 saturated carbocycles. The maximum absolute atomic E-state index is 11.2. The molecule has 0 aliphatic heterocycles. The Bertz CT molecular complexity index is 1230. The van der Waals surface area contributed by atoms with Crippen molar-refractivity contribution in [2.45, 2.75) is 6.04 Å². The van der Waals surface area contributed by atoms with E-state index >= 15 is 0 Å². The highest BCUT2D eigenvalue weighted by atomic mass is 79.9. The lowest BCUT2D eigenvalue weighted by atomic mass is 10.1. The Labute approximate surface area is 182 Å². The number of carbonyl (C=O) groups is 2. The number of anilines is 1. The van der Waals surface area contributed by atoms with Gasteiger partial charge in [-0.05, 0) is 30.3 Å². The quantitative estimate of drug-likeness (QED) is 0.267. The van der Waals surface area contributed by atoms with Crippen molar-refractivity contribution in [1.82, 2.24) is 14.9 Å². The van der Waals surface area contributed by atoms with Crippen molar-refractivity contribution in [3.05, 3.63) is 63.3 Å². The van der Waals surface area contributed by atoms with Crippen molar-refractivity contribution in [1.29, 1.82) is 0 Å². The maximum atomic E-state index is 11.2. The molecule has 4 aromatic rings. The molecule has 2 amide bonds. The van der Waals surface area contributed by atoms with Crippen LogP contribution < -0.4 is 10.6 Å². The van der Waals surface area contributed by atoms with Gasteiger partial charge in [-0.2, -0.15) is 0 Å². The van der Waals surface area contributed by atoms with Crippen molar-refractivity contribution >= 4 is 71.9 Å². The Kier molecular flexibility index (Phi) is 5.33. The van der Waals surface area contributed by atoms with E-state index in [9.17, 15) is 14.7 Å². The van der Waals surface area contributed by atoms with Crippen LogP contribution >= 0.6 is 31.9 Å². The van der Waals surface area contributed by atoms with E-state index in [1.165, 1.54) is 0 Å². The molecule has 7 nitrogen and oxygen atoms in total. The van der Waals surface area contributed by atoms with Gasteiger partial charge in [0, 0.05) is 49.7 Å². The molecule has 0 fully saturated rings. The van der Waals surface area contributed by atoms with Gasteiger partial charge in [-0.25, -0.2) is 4.79 Å². The van der Waals surface area contributed by atoms with E-state index < -0.39 is 6.09 Å². The summed E-state index contributed by atoms with van der Waals surface area (Å²) in [6, 6.07) is 11.3. The number of aromatic amines is 1. The lowest BCUT2D eigenvalue weighted by molar-refractivity contribution is -0.105. The summed E-state index contributed by atoms with van der Waals surface area (Å²) in [7, 11) is 0. The standard InChI is InChI=1S/C20H16Br2N4O3/c21-11-1-3-13-15(7-23-16(13)5-11)19(8-24-20(28)29)26-9-17(25-10-27)14-4-2-12(22)6-18(14)26/h1-7,9-10,19,23-24H,8H2,(H,25,27)(H,28,29). The number of nitrogens with zero attached hydrogens (tertiary/aromatic N) is 1. The van der Waals surface area contributed by atoms with Crippen molar-refractivity contribution in [2.75, 3.05) is 11.9 Å². The van der Waals surface area contributed by atoms with Crippen LogP contribution in [0, 0.1) is 0 Å². The van der Waals surface area contributed by atoms with Crippen molar-refractivity contribution in [3.63, 3.8) is 0 Å². The molecule has 0 aliphatic carbocycles. The van der Waals surface area contributed by atoms with E-state index in [0.29, 0.717) is 12.1 Å². The van der Waals surface area contributed by atoms with Crippen molar-refractivity contribution in [2.24, 2.45) is 0 Å². The molecule has 1 atom stereocenters. The van der Waals surface area contributed by atoms with Gasteiger partial charge in [0.15, 0.2) is 0 Å². The molecule has 2 aromatic heterocycles. The molecule has 148 valence electrons. The van der Waals surface area contributed by atoms with Gasteiger partial charge in [-0.15, -0.1) is 0 Å². The molecule has 4 N–H and O–H groups in total. The Balaban J connectivity index is 1.93. The summed E-state index contributed by atoms with van der Waals surface area (Å²) in [5.41, 5.74) is 3.41. The Morgan fingerprint density at radius 3 is 2.62 bits per heavy atom. The van der Waals surface area contributed by atoms with E-state index in [1.54, 1.807) is 0 Å². The molecule has 4 rings (SSSR count). The summed E-state index contributed by atoms with van der Waals surface area (Å²) in [6.07, 6.45) is 3.26. The molecule has 2 aromatic carbocycles. The number of rotatable bonds is 6. The molecular formula is C20H16Br2N4O3. The number of hydrogen-bond acceptors (Lipinski definition) is 2. The number of carboxylic acid groups (broad SMARTS) is 1. The van der Waals surface area contributed by atoms with Gasteiger partial charge in [0.1, 0.15) is 0 Å². The van der Waals surface area contributed by atoms with Gasteiger partial charge in [0.05, 0.1) is 17.2 Å². The summed E-state index contributed by atoms with van der Waals surface area (Å²) in [5, 5.41) is 16.3. The van der Waals surface area contributed by atoms with E-state index in [0.717, 1.165) is 36.3 Å². The van der Waals surface area contributed by atoms with Crippen LogP contribution in [0.25, 0.3) is 21.8 Å². The Morgan fingerprint density at radius 2 is 1.90 bits per heavy atom. The zero-order valence-corrected chi connectivity index (χ0v) is 18.1. The molecule has 1 unspecified atom stereocenters. The molecule has 0 aliphatic rings. The number of amides is 2. The van der Waals surface area contributed by atoms with E-state index in [-0.39, 0.29) is 12.6 Å². The first-order valence-electron chi connectivity index (χ1n) is 8.71. The summed E-state index contributed by atoms with van der Waals surface area (Å²) in [6.45, 7) is 0.162. The predicted octanol–water partition coefficient (Wildman–Crippen LogP) is 5.07. The highest BCUT2D eigenvalue weighted by Gasteiger charge is 2.22. The number of nitrogens with one attached hydrogen (secondary N) is 3. The van der Waals surface area contributed by atoms with Crippen molar-refractivity contribution in [3.8, 4) is 0 Å². The average Bonchev–Trinajstić information content (AvgIpc) is 3.24. The number of fused-ring (bicyclic) bond motifs is 2. The van der Waals surface area contributed by atoms with Crippen LogP contribution in [-0.4, -0.2) is 33.7 Å². The SMILES string of the molecule is O=CNc1cn(C(CNC(=O)O)c2c[nH]c3cc(Br)ccc23)c2cc(Br)ccc12. The third kappa shape index (κ3) is 3.75. The molecule has 0 radical (unpaired) electrons. The minimum atomic E-state index is -1.10. The molecule has 2 heterocycles. The molecule has 9 heteroatoms. The van der Waals surface area contributed by atoms with Gasteiger partial charge in [-0.1, -0.05) is 37.9 Å². The fourth-order valence-electron chi connectivity index (χ4n) is 3.60. The number of hydrogen-bond donors (Lipinski definition) is 4. The summed E-state index contributed by atoms with van der Waals surface area (Å²) >= 11 is 6.97. The summed E-state index contributed by atoms with van der Waals surface area (Å²) in [5.74, 6) is 0. The minimum absolute atomic E-state index is 0.162. The van der Waals surface area contributed by atoms with Crippen LogP contribution in [0.3, 0.4) is 0 Å². The van der Waals surface area contributed by atoms with E-state index in [4.69, 9.17) is 0 Å². The lowest BCUT2D eigenvalue weighted by Crippen LogP contribution is -2.29. The first kappa shape index (κ1) is 19.5. The second-order valence-electron chi connectivity index (χ2n) is 6.51. The second-order valence-corrected chi connectivity index (χ2v) is 8.34. The van der Waals surface area contributed by atoms with Gasteiger partial charge in [0.25, 0.3) is 0 Å². The lowest BCUT2D eigenvalue weighted by Gasteiger charge is -2.20. The van der Waals surface area contributed by atoms with Crippen LogP contribution in [0.1, 0.15) is 11.6 Å². The Morgan fingerprint density at radius 1 is 1.17 bits per heavy atom. The monoisotopic (exact) mass is 518 g/mol. The predicted molar refractivity (Wildman–Crippen MR) is 119 cm³/mol. The van der Waals surface area contributed by atoms with E-state index in [2.05, 4.69) is 47.5 Å². The summed E-state index contributed by atoms with van der Waals surface area (Å²) < 4.78 is 3.81. The highest BCUT2D eigenvalue weighted by Crippen LogP contribution is 2.35. The molecular weight excluding hydrogens is 504 g/mol. The van der Waals surface area contributed by atoms with Gasteiger partial charge >= 0.3 is 6.09 Å². The maximum Gasteiger partial charge on any atom is 0.404 e. The van der Waals surface area contributed by atoms with Crippen LogP contribution in [-0.2, 0) is 4.79 Å². The largest absolute Gasteiger partial charge is 0.465 e. The third-order valence-electron chi connectivity index (χ3n) is 4.83. The second kappa shape index (κ2) is 7.92. The highest BCUT2D eigenvalue weighted by molar-refractivity contribution is 9.10. The van der Waals surface area contributed by atoms with Gasteiger partial charge < -0.3 is 25.3 Å². The van der Waals surface area contributed by atoms with Gasteiger partial charge in [0.2, 0.25) is 6.41 Å². The smallest absolute Gasteiger partial charge is 0.404 e. The van der Waals surface area contributed by atoms with Crippen LogP contribution in [0.5, 0.6) is 0 Å². The fourth-order valence-corrected chi connectivity index (χ4v) is 4.31. The van der Waals surface area contributed by atoms with Gasteiger partial charge in [-0.3, -0.25) is 4.79 Å². The first-order chi connectivity index (χ1) is 14.0. The number of carbonyl (C=O) groups excluding carboxylic acids is 1. The van der Waals surface area contributed by atoms with E-state index in [1.807, 2.05) is 53.4 Å². The average molecular weight is 520 g/mol. The number of H-pyrrole nitrogens is 1. The topological polar surface area (TPSA) is 99.2 Å². The van der Waals surface area contributed by atoms with Crippen LogP contribution in [0.2, 0.25) is 0 Å².